The average Bonchev–Trinajstić information content (AvgIpc) is 3.62. The molecule has 2 aromatic carbocycles. The van der Waals surface area contributed by atoms with Gasteiger partial charge in [0.05, 0.1) is 12.9 Å². The van der Waals surface area contributed by atoms with Crippen molar-refractivity contribution in [2.24, 2.45) is 0 Å². The molecule has 1 aromatic heterocycles. The van der Waals surface area contributed by atoms with Crippen LogP contribution in [-0.4, -0.2) is 50.3 Å². The van der Waals surface area contributed by atoms with Crippen molar-refractivity contribution in [2.75, 3.05) is 6.54 Å². The van der Waals surface area contributed by atoms with Gasteiger partial charge in [-0.15, -0.1) is 0 Å². The zero-order valence-corrected chi connectivity index (χ0v) is 21.1. The normalized spacial score (nSPS) is 18.9. The number of imidazole rings is 1. The van der Waals surface area contributed by atoms with Crippen LogP contribution < -0.4 is 10.6 Å². The maximum atomic E-state index is 13.7. The maximum absolute atomic E-state index is 13.7. The van der Waals surface area contributed by atoms with Gasteiger partial charge >= 0.3 is 0 Å². The zero-order chi connectivity index (χ0) is 26.2. The molecule has 1 aliphatic carbocycles. The third kappa shape index (κ3) is 5.09. The number of carbonyl (C=O) groups is 3. The molecule has 8 nitrogen and oxygen atoms in total. The fourth-order valence-electron chi connectivity index (χ4n) is 4.75. The number of hydrogen-bond acceptors (Lipinski definition) is 4. The van der Waals surface area contributed by atoms with Gasteiger partial charge in [0.1, 0.15) is 17.1 Å². The van der Waals surface area contributed by atoms with Gasteiger partial charge in [-0.1, -0.05) is 35.9 Å². The molecule has 2 heterocycles. The summed E-state index contributed by atoms with van der Waals surface area (Å²) in [5.41, 5.74) is 0.864. The molecule has 0 bridgehead atoms. The third-order valence-electron chi connectivity index (χ3n) is 6.86. The smallest absolute Gasteiger partial charge is 0.274 e. The van der Waals surface area contributed by atoms with Crippen molar-refractivity contribution in [3.05, 3.63) is 88.2 Å². The molecule has 3 amide bonds. The number of amides is 3. The Bertz CT molecular complexity index is 1340. The summed E-state index contributed by atoms with van der Waals surface area (Å²) in [4.78, 5) is 45.9. The highest BCUT2D eigenvalue weighted by Crippen LogP contribution is 2.38. The molecule has 1 fully saturated rings. The highest BCUT2D eigenvalue weighted by Gasteiger charge is 2.53. The van der Waals surface area contributed by atoms with E-state index in [1.807, 2.05) is 12.1 Å². The molecule has 0 spiro atoms. The van der Waals surface area contributed by atoms with Crippen molar-refractivity contribution in [3.8, 4) is 0 Å². The molecule has 1 unspecified atom stereocenters. The standard InChI is InChI=1S/C27H27ClFN5O3/c1-27(26(37)31-14-18-4-8-20(29)9-5-18)15-33-16-32-22(23(33)25(36)34(27)21-10-11-21)24(35)30-13-12-17-2-6-19(28)7-3-17/h2-9,16,21H,10-15H2,1H3,(H,30,35)(H,31,37). The lowest BCUT2D eigenvalue weighted by Gasteiger charge is -2.44. The molecule has 1 aliphatic heterocycles. The molecule has 2 aliphatic rings. The Labute approximate surface area is 218 Å². The van der Waals surface area contributed by atoms with Crippen molar-refractivity contribution < 1.29 is 18.8 Å². The topological polar surface area (TPSA) is 96.3 Å². The Kier molecular flexibility index (Phi) is 6.72. The SMILES string of the molecule is CC1(C(=O)NCc2ccc(F)cc2)Cn2cnc(C(=O)NCCc3ccc(Cl)cc3)c2C(=O)N1C1CC1. The number of fused-ring (bicyclic) bond motifs is 1. The number of hydrogen-bond donors (Lipinski definition) is 2. The summed E-state index contributed by atoms with van der Waals surface area (Å²) < 4.78 is 14.8. The second-order valence-electron chi connectivity index (χ2n) is 9.69. The van der Waals surface area contributed by atoms with E-state index in [4.69, 9.17) is 11.6 Å². The molecular weight excluding hydrogens is 497 g/mol. The van der Waals surface area contributed by atoms with E-state index in [9.17, 15) is 18.8 Å². The van der Waals surface area contributed by atoms with Gasteiger partial charge in [-0.05, 0) is 61.6 Å². The molecular formula is C27H27ClFN5O3. The lowest BCUT2D eigenvalue weighted by atomic mass is 9.93. The quantitative estimate of drug-likeness (QED) is 0.473. The number of nitrogens with zero attached hydrogens (tertiary/aromatic N) is 3. The lowest BCUT2D eigenvalue weighted by Crippen LogP contribution is -2.64. The number of benzene rings is 2. The summed E-state index contributed by atoms with van der Waals surface area (Å²) >= 11 is 5.92. The molecule has 192 valence electrons. The van der Waals surface area contributed by atoms with E-state index in [2.05, 4.69) is 15.6 Å². The summed E-state index contributed by atoms with van der Waals surface area (Å²) in [5, 5.41) is 6.38. The van der Waals surface area contributed by atoms with E-state index in [1.54, 1.807) is 40.7 Å². The van der Waals surface area contributed by atoms with Crippen LogP contribution in [0.25, 0.3) is 0 Å². The first kappa shape index (κ1) is 25.0. The number of nitrogens with one attached hydrogen (secondary N) is 2. The van der Waals surface area contributed by atoms with E-state index < -0.39 is 11.4 Å². The van der Waals surface area contributed by atoms with Gasteiger partial charge in [0.15, 0.2) is 5.69 Å². The Morgan fingerprint density at radius 2 is 1.76 bits per heavy atom. The maximum Gasteiger partial charge on any atom is 0.274 e. The van der Waals surface area contributed by atoms with E-state index in [0.29, 0.717) is 18.0 Å². The monoisotopic (exact) mass is 523 g/mol. The van der Waals surface area contributed by atoms with E-state index in [-0.39, 0.29) is 48.2 Å². The molecule has 3 aromatic rings. The fraction of sp³-hybridized carbons (Fsp3) is 0.333. The molecule has 10 heteroatoms. The second kappa shape index (κ2) is 9.97. The Morgan fingerprint density at radius 3 is 2.43 bits per heavy atom. The molecule has 0 saturated heterocycles. The minimum absolute atomic E-state index is 0.0560. The Balaban J connectivity index is 1.31. The predicted molar refractivity (Wildman–Crippen MR) is 136 cm³/mol. The zero-order valence-electron chi connectivity index (χ0n) is 20.3. The first-order chi connectivity index (χ1) is 17.8. The summed E-state index contributed by atoms with van der Waals surface area (Å²) in [6.07, 6.45) is 3.64. The molecule has 37 heavy (non-hydrogen) atoms. The van der Waals surface area contributed by atoms with Gasteiger partial charge in [-0.25, -0.2) is 9.37 Å². The van der Waals surface area contributed by atoms with E-state index in [1.165, 1.54) is 18.5 Å². The van der Waals surface area contributed by atoms with Crippen LogP contribution in [-0.2, 0) is 24.3 Å². The average molecular weight is 524 g/mol. The second-order valence-corrected chi connectivity index (χ2v) is 10.1. The molecule has 1 saturated carbocycles. The fourth-order valence-corrected chi connectivity index (χ4v) is 4.88. The van der Waals surface area contributed by atoms with Crippen LogP contribution >= 0.6 is 11.6 Å². The summed E-state index contributed by atoms with van der Waals surface area (Å²) in [7, 11) is 0. The van der Waals surface area contributed by atoms with Crippen LogP contribution in [0, 0.1) is 5.82 Å². The van der Waals surface area contributed by atoms with Gasteiger partial charge < -0.3 is 20.1 Å². The first-order valence-electron chi connectivity index (χ1n) is 12.2. The van der Waals surface area contributed by atoms with Crippen LogP contribution in [0.2, 0.25) is 5.02 Å². The minimum Gasteiger partial charge on any atom is -0.350 e. The van der Waals surface area contributed by atoms with Crippen molar-refractivity contribution in [3.63, 3.8) is 0 Å². The first-order valence-corrected chi connectivity index (χ1v) is 12.6. The molecule has 0 radical (unpaired) electrons. The van der Waals surface area contributed by atoms with E-state index in [0.717, 1.165) is 24.0 Å². The van der Waals surface area contributed by atoms with Crippen molar-refractivity contribution in [2.45, 2.75) is 50.9 Å². The molecule has 5 rings (SSSR count). The van der Waals surface area contributed by atoms with Crippen molar-refractivity contribution in [1.29, 1.82) is 0 Å². The van der Waals surface area contributed by atoms with Crippen LogP contribution in [0.3, 0.4) is 0 Å². The van der Waals surface area contributed by atoms with Gasteiger partial charge in [0.25, 0.3) is 11.8 Å². The van der Waals surface area contributed by atoms with Gasteiger partial charge in [0, 0.05) is 24.2 Å². The number of aromatic nitrogens is 2. The third-order valence-corrected chi connectivity index (χ3v) is 7.12. The summed E-state index contributed by atoms with van der Waals surface area (Å²) in [6, 6.07) is 13.2. The highest BCUT2D eigenvalue weighted by atomic mass is 35.5. The number of halogens is 2. The largest absolute Gasteiger partial charge is 0.350 e. The highest BCUT2D eigenvalue weighted by molar-refractivity contribution is 6.30. The predicted octanol–water partition coefficient (Wildman–Crippen LogP) is 3.34. The van der Waals surface area contributed by atoms with E-state index >= 15 is 0 Å². The summed E-state index contributed by atoms with van der Waals surface area (Å²) in [6.45, 7) is 2.49. The van der Waals surface area contributed by atoms with Gasteiger partial charge in [0.2, 0.25) is 5.91 Å². The van der Waals surface area contributed by atoms with Crippen LogP contribution in [0.5, 0.6) is 0 Å². The van der Waals surface area contributed by atoms with Gasteiger partial charge in [-0.3, -0.25) is 14.4 Å². The van der Waals surface area contributed by atoms with Crippen LogP contribution in [0.1, 0.15) is 51.9 Å². The number of rotatable bonds is 8. The van der Waals surface area contributed by atoms with Crippen LogP contribution in [0.15, 0.2) is 54.9 Å². The Hall–Kier alpha value is -3.72. The van der Waals surface area contributed by atoms with Crippen LogP contribution in [0.4, 0.5) is 4.39 Å². The van der Waals surface area contributed by atoms with Crippen molar-refractivity contribution in [1.82, 2.24) is 25.1 Å². The minimum atomic E-state index is -1.16. The summed E-state index contributed by atoms with van der Waals surface area (Å²) in [5.74, 6) is -1.48. The molecule has 2 N–H and O–H groups in total. The lowest BCUT2D eigenvalue weighted by molar-refractivity contribution is -0.133. The number of carbonyl (C=O) groups excluding carboxylic acids is 3. The van der Waals surface area contributed by atoms with Crippen molar-refractivity contribution >= 4 is 29.3 Å². The van der Waals surface area contributed by atoms with Gasteiger partial charge in [-0.2, -0.15) is 0 Å². The molecule has 1 atom stereocenters. The Morgan fingerprint density at radius 1 is 1.08 bits per heavy atom.